The maximum Gasteiger partial charge on any atom is 0.323 e. The molecular formula is C19H21N5O3. The van der Waals surface area contributed by atoms with Crippen LogP contribution in [0.3, 0.4) is 0 Å². The van der Waals surface area contributed by atoms with Gasteiger partial charge in [-0.2, -0.15) is 0 Å². The lowest BCUT2D eigenvalue weighted by Gasteiger charge is -2.37. The molecule has 4 rings (SSSR count). The fourth-order valence-corrected chi connectivity index (χ4v) is 3.58. The number of benzene rings is 1. The van der Waals surface area contributed by atoms with Gasteiger partial charge in [0.2, 0.25) is 0 Å². The zero-order valence-corrected chi connectivity index (χ0v) is 14.9. The van der Waals surface area contributed by atoms with E-state index in [1.165, 1.54) is 6.20 Å². The topological polar surface area (TPSA) is 102 Å². The summed E-state index contributed by atoms with van der Waals surface area (Å²) in [5, 5.41) is 0. The molecule has 2 aliphatic heterocycles. The number of esters is 1. The Hall–Kier alpha value is -3.00. The number of aromatic nitrogens is 2. The molecule has 2 aromatic rings. The summed E-state index contributed by atoms with van der Waals surface area (Å²) in [6.07, 6.45) is 2.23. The molecule has 1 atom stereocenters. The molecule has 1 aromatic carbocycles. The van der Waals surface area contributed by atoms with Crippen LogP contribution in [-0.4, -0.2) is 65.6 Å². The van der Waals surface area contributed by atoms with Gasteiger partial charge in [0.15, 0.2) is 5.82 Å². The quantitative estimate of drug-likeness (QED) is 0.793. The molecule has 0 radical (unpaired) electrons. The van der Waals surface area contributed by atoms with Crippen molar-refractivity contribution < 1.29 is 14.3 Å². The van der Waals surface area contributed by atoms with E-state index in [2.05, 4.69) is 14.9 Å². The van der Waals surface area contributed by atoms with E-state index in [4.69, 9.17) is 10.5 Å². The lowest BCUT2D eigenvalue weighted by Crippen LogP contribution is -2.52. The molecule has 1 amide bonds. The summed E-state index contributed by atoms with van der Waals surface area (Å²) >= 11 is 0. The second-order valence-corrected chi connectivity index (χ2v) is 6.66. The van der Waals surface area contributed by atoms with Crippen molar-refractivity contribution in [1.82, 2.24) is 14.9 Å². The normalized spacial score (nSPS) is 20.5. The number of nitrogens with two attached hydrogens (primary N) is 1. The third-order valence-corrected chi connectivity index (χ3v) is 5.03. The van der Waals surface area contributed by atoms with E-state index in [0.29, 0.717) is 50.0 Å². The van der Waals surface area contributed by atoms with Gasteiger partial charge in [-0.1, -0.05) is 30.3 Å². The Labute approximate surface area is 156 Å². The molecular weight excluding hydrogens is 346 g/mol. The van der Waals surface area contributed by atoms with Gasteiger partial charge in [-0.05, 0) is 0 Å². The van der Waals surface area contributed by atoms with Crippen LogP contribution in [0.25, 0.3) is 11.4 Å². The number of primary amides is 1. The standard InChI is InChI=1S/C19H21N5O3/c20-16(25)14-12-21-17(13-4-2-1-3-5-13)22-18(14)24-9-7-23(8-10-24)15-6-11-27-19(15)26/h1-5,12,15H,6-11H2,(H2,20,25). The third-order valence-electron chi connectivity index (χ3n) is 5.03. The van der Waals surface area contributed by atoms with Gasteiger partial charge in [-0.25, -0.2) is 9.97 Å². The predicted molar refractivity (Wildman–Crippen MR) is 99.1 cm³/mol. The van der Waals surface area contributed by atoms with Gasteiger partial charge in [0.1, 0.15) is 17.4 Å². The van der Waals surface area contributed by atoms with Crippen molar-refractivity contribution in [2.75, 3.05) is 37.7 Å². The molecule has 1 unspecified atom stereocenters. The number of carbonyl (C=O) groups is 2. The highest BCUT2D eigenvalue weighted by molar-refractivity contribution is 5.97. The molecule has 0 spiro atoms. The summed E-state index contributed by atoms with van der Waals surface area (Å²) in [4.78, 5) is 36.8. The molecule has 8 heteroatoms. The molecule has 27 heavy (non-hydrogen) atoms. The first-order valence-electron chi connectivity index (χ1n) is 9.01. The van der Waals surface area contributed by atoms with Gasteiger partial charge in [0.25, 0.3) is 5.91 Å². The summed E-state index contributed by atoms with van der Waals surface area (Å²) in [7, 11) is 0. The summed E-state index contributed by atoms with van der Waals surface area (Å²) in [6.45, 7) is 3.18. The highest BCUT2D eigenvalue weighted by Gasteiger charge is 2.34. The second-order valence-electron chi connectivity index (χ2n) is 6.66. The van der Waals surface area contributed by atoms with Crippen molar-refractivity contribution in [3.63, 3.8) is 0 Å². The van der Waals surface area contributed by atoms with Crippen LogP contribution in [0.4, 0.5) is 5.82 Å². The Balaban J connectivity index is 1.57. The molecule has 2 N–H and O–H groups in total. The van der Waals surface area contributed by atoms with E-state index >= 15 is 0 Å². The van der Waals surface area contributed by atoms with Crippen LogP contribution in [-0.2, 0) is 9.53 Å². The number of ether oxygens (including phenoxy) is 1. The Morgan fingerprint density at radius 2 is 1.89 bits per heavy atom. The fourth-order valence-electron chi connectivity index (χ4n) is 3.58. The van der Waals surface area contributed by atoms with Crippen LogP contribution in [0.1, 0.15) is 16.8 Å². The van der Waals surface area contributed by atoms with E-state index < -0.39 is 5.91 Å². The maximum absolute atomic E-state index is 11.9. The summed E-state index contributed by atoms with van der Waals surface area (Å²) < 4.78 is 5.07. The highest BCUT2D eigenvalue weighted by Crippen LogP contribution is 2.24. The van der Waals surface area contributed by atoms with Crippen molar-refractivity contribution in [1.29, 1.82) is 0 Å². The molecule has 2 aliphatic rings. The van der Waals surface area contributed by atoms with Gasteiger partial charge >= 0.3 is 5.97 Å². The number of amides is 1. The van der Waals surface area contributed by atoms with Crippen molar-refractivity contribution in [2.24, 2.45) is 5.73 Å². The zero-order valence-electron chi connectivity index (χ0n) is 14.9. The minimum atomic E-state index is -0.550. The highest BCUT2D eigenvalue weighted by atomic mass is 16.5. The Morgan fingerprint density at radius 1 is 1.15 bits per heavy atom. The lowest BCUT2D eigenvalue weighted by atomic mass is 10.1. The van der Waals surface area contributed by atoms with Crippen LogP contribution in [0.15, 0.2) is 36.5 Å². The monoisotopic (exact) mass is 367 g/mol. The van der Waals surface area contributed by atoms with E-state index in [-0.39, 0.29) is 12.0 Å². The maximum atomic E-state index is 11.9. The van der Waals surface area contributed by atoms with Crippen molar-refractivity contribution in [2.45, 2.75) is 12.5 Å². The number of hydrogen-bond acceptors (Lipinski definition) is 7. The van der Waals surface area contributed by atoms with Gasteiger partial charge in [0, 0.05) is 44.4 Å². The van der Waals surface area contributed by atoms with Gasteiger partial charge < -0.3 is 15.4 Å². The van der Waals surface area contributed by atoms with Gasteiger partial charge in [-0.3, -0.25) is 14.5 Å². The first-order valence-corrected chi connectivity index (χ1v) is 9.01. The number of rotatable bonds is 4. The minimum absolute atomic E-state index is 0.144. The SMILES string of the molecule is NC(=O)c1cnc(-c2ccccc2)nc1N1CCN(C2CCOC2=O)CC1. The van der Waals surface area contributed by atoms with Crippen LogP contribution >= 0.6 is 0 Å². The average Bonchev–Trinajstić information content (AvgIpc) is 3.14. The third kappa shape index (κ3) is 3.48. The summed E-state index contributed by atoms with van der Waals surface area (Å²) in [5.41, 5.74) is 6.72. The van der Waals surface area contributed by atoms with Crippen LogP contribution in [0.5, 0.6) is 0 Å². The Morgan fingerprint density at radius 3 is 2.52 bits per heavy atom. The first kappa shape index (κ1) is 17.4. The first-order chi connectivity index (χ1) is 13.1. The molecule has 140 valence electrons. The number of carbonyl (C=O) groups excluding carboxylic acids is 2. The second kappa shape index (κ2) is 7.32. The molecule has 1 aromatic heterocycles. The number of hydrogen-bond donors (Lipinski definition) is 1. The fraction of sp³-hybridized carbons (Fsp3) is 0.368. The number of piperazine rings is 1. The largest absolute Gasteiger partial charge is 0.464 e. The lowest BCUT2D eigenvalue weighted by molar-refractivity contribution is -0.142. The van der Waals surface area contributed by atoms with Crippen LogP contribution in [0, 0.1) is 0 Å². The number of anilines is 1. The molecule has 3 heterocycles. The van der Waals surface area contributed by atoms with Crippen molar-refractivity contribution >= 4 is 17.7 Å². The summed E-state index contributed by atoms with van der Waals surface area (Å²) in [5.74, 6) is 0.406. The summed E-state index contributed by atoms with van der Waals surface area (Å²) in [6, 6.07) is 9.45. The van der Waals surface area contributed by atoms with Crippen LogP contribution in [0.2, 0.25) is 0 Å². The smallest absolute Gasteiger partial charge is 0.323 e. The minimum Gasteiger partial charge on any atom is -0.464 e. The van der Waals surface area contributed by atoms with Gasteiger partial charge in [-0.15, -0.1) is 0 Å². The Bertz CT molecular complexity index is 850. The molecule has 2 fully saturated rings. The molecule has 8 nitrogen and oxygen atoms in total. The van der Waals surface area contributed by atoms with Crippen LogP contribution < -0.4 is 10.6 Å². The average molecular weight is 367 g/mol. The predicted octanol–water partition coefficient (Wildman–Crippen LogP) is 0.680. The number of cyclic esters (lactones) is 1. The Kier molecular flexibility index (Phi) is 4.72. The molecule has 0 aliphatic carbocycles. The van der Waals surface area contributed by atoms with E-state index in [1.807, 2.05) is 35.2 Å². The molecule has 0 bridgehead atoms. The van der Waals surface area contributed by atoms with Crippen molar-refractivity contribution in [3.05, 3.63) is 42.1 Å². The van der Waals surface area contributed by atoms with Crippen molar-refractivity contribution in [3.8, 4) is 11.4 Å². The van der Waals surface area contributed by atoms with E-state index in [0.717, 1.165) is 12.0 Å². The molecule has 2 saturated heterocycles. The van der Waals surface area contributed by atoms with E-state index in [1.54, 1.807) is 0 Å². The molecule has 0 saturated carbocycles. The van der Waals surface area contributed by atoms with E-state index in [9.17, 15) is 9.59 Å². The zero-order chi connectivity index (χ0) is 18.8. The number of nitrogens with zero attached hydrogens (tertiary/aromatic N) is 4. The van der Waals surface area contributed by atoms with Gasteiger partial charge in [0.05, 0.1) is 6.61 Å².